The first-order chi connectivity index (χ1) is 17.2. The highest BCUT2D eigenvalue weighted by atomic mass is 19.1. The second-order valence-electron chi connectivity index (χ2n) is 8.86. The number of benzene rings is 1. The van der Waals surface area contributed by atoms with Gasteiger partial charge in [-0.05, 0) is 43.2 Å². The lowest BCUT2D eigenvalue weighted by Gasteiger charge is -2.26. The summed E-state index contributed by atoms with van der Waals surface area (Å²) in [5, 5.41) is 9.32. The number of amides is 1. The van der Waals surface area contributed by atoms with Crippen molar-refractivity contribution in [1.29, 1.82) is 0 Å². The Hall–Kier alpha value is -3.85. The summed E-state index contributed by atoms with van der Waals surface area (Å²) >= 11 is 0. The van der Waals surface area contributed by atoms with Crippen molar-refractivity contribution < 1.29 is 13.9 Å². The summed E-state index contributed by atoms with van der Waals surface area (Å²) in [6, 6.07) is 14.1. The molecule has 0 unspecified atom stereocenters. The van der Waals surface area contributed by atoms with Crippen molar-refractivity contribution in [3.63, 3.8) is 0 Å². The molecule has 0 radical (unpaired) electrons. The maximum absolute atomic E-state index is 14.7. The van der Waals surface area contributed by atoms with Crippen LogP contribution in [0.4, 0.5) is 4.39 Å². The van der Waals surface area contributed by atoms with Crippen LogP contribution in [0, 0.1) is 5.82 Å². The van der Waals surface area contributed by atoms with E-state index in [-0.39, 0.29) is 18.6 Å². The molecule has 0 bridgehead atoms. The van der Waals surface area contributed by atoms with E-state index in [1.165, 1.54) is 6.07 Å². The Kier molecular flexibility index (Phi) is 5.61. The summed E-state index contributed by atoms with van der Waals surface area (Å²) in [5.74, 6) is -0.524. The fourth-order valence-electron chi connectivity index (χ4n) is 4.98. The lowest BCUT2D eigenvalue weighted by Crippen LogP contribution is -2.39. The third kappa shape index (κ3) is 4.01. The minimum atomic E-state index is -0.394. The normalized spacial score (nSPS) is 17.5. The van der Waals surface area contributed by atoms with E-state index >= 15 is 0 Å². The monoisotopic (exact) mass is 472 g/mol. The number of nitrogens with zero attached hydrogens (tertiary/aromatic N) is 6. The van der Waals surface area contributed by atoms with Crippen LogP contribution in [-0.2, 0) is 24.4 Å². The Bertz CT molecular complexity index is 1370. The highest BCUT2D eigenvalue weighted by Crippen LogP contribution is 2.32. The van der Waals surface area contributed by atoms with Crippen molar-refractivity contribution >= 4 is 5.91 Å². The third-order valence-electron chi connectivity index (χ3n) is 6.69. The molecule has 35 heavy (non-hydrogen) atoms. The Labute approximate surface area is 202 Å². The first-order valence-corrected chi connectivity index (χ1v) is 11.9. The molecule has 1 aromatic carbocycles. The Morgan fingerprint density at radius 3 is 2.80 bits per heavy atom. The quantitative estimate of drug-likeness (QED) is 0.442. The smallest absolute Gasteiger partial charge is 0.258 e. The van der Waals surface area contributed by atoms with Crippen LogP contribution in [-0.4, -0.2) is 54.5 Å². The number of carbonyl (C=O) groups is 1. The predicted molar refractivity (Wildman–Crippen MR) is 127 cm³/mol. The summed E-state index contributed by atoms with van der Waals surface area (Å²) in [6.07, 6.45) is 5.44. The zero-order valence-electron chi connectivity index (χ0n) is 19.2. The van der Waals surface area contributed by atoms with E-state index in [1.807, 2.05) is 40.0 Å². The molecule has 5 heterocycles. The summed E-state index contributed by atoms with van der Waals surface area (Å²) in [7, 11) is 0. The molecule has 6 rings (SSSR count). The van der Waals surface area contributed by atoms with Crippen molar-refractivity contribution in [3.8, 4) is 22.6 Å². The highest BCUT2D eigenvalue weighted by molar-refractivity contribution is 6.01. The zero-order chi connectivity index (χ0) is 23.8. The summed E-state index contributed by atoms with van der Waals surface area (Å²) < 4.78 is 24.1. The molecule has 2 aliphatic heterocycles. The molecular weight excluding hydrogens is 447 g/mol. The summed E-state index contributed by atoms with van der Waals surface area (Å²) in [5.41, 5.74) is 3.48. The largest absolute Gasteiger partial charge is 0.373 e. The average Bonchev–Trinajstić information content (AvgIpc) is 3.63. The van der Waals surface area contributed by atoms with E-state index < -0.39 is 5.82 Å². The molecule has 9 heteroatoms. The van der Waals surface area contributed by atoms with Crippen LogP contribution in [0.5, 0.6) is 0 Å². The zero-order valence-corrected chi connectivity index (χ0v) is 19.2. The number of hydrogen-bond donors (Lipinski definition) is 0. The van der Waals surface area contributed by atoms with Crippen molar-refractivity contribution in [2.75, 3.05) is 13.2 Å². The molecule has 0 spiro atoms. The van der Waals surface area contributed by atoms with Crippen LogP contribution in [0.25, 0.3) is 22.6 Å². The van der Waals surface area contributed by atoms with Gasteiger partial charge in [0.25, 0.3) is 5.91 Å². The molecule has 2 aliphatic rings. The van der Waals surface area contributed by atoms with Gasteiger partial charge in [-0.1, -0.05) is 18.2 Å². The molecule has 4 aromatic rings. The number of likely N-dealkylation sites (tertiary alicyclic amines) is 1. The second kappa shape index (κ2) is 9.07. The maximum Gasteiger partial charge on any atom is 0.258 e. The number of fused-ring (bicyclic) bond motifs is 1. The van der Waals surface area contributed by atoms with Crippen molar-refractivity contribution in [2.45, 2.75) is 38.6 Å². The van der Waals surface area contributed by atoms with Gasteiger partial charge in [0, 0.05) is 24.5 Å². The molecule has 178 valence electrons. The van der Waals surface area contributed by atoms with Crippen molar-refractivity contribution in [3.05, 3.63) is 78.0 Å². The average molecular weight is 473 g/mol. The Morgan fingerprint density at radius 1 is 1.06 bits per heavy atom. The summed E-state index contributed by atoms with van der Waals surface area (Å²) in [6.45, 7) is 2.56. The van der Waals surface area contributed by atoms with Gasteiger partial charge >= 0.3 is 0 Å². The lowest BCUT2D eigenvalue weighted by molar-refractivity contribution is 0.0675. The van der Waals surface area contributed by atoms with Crippen molar-refractivity contribution in [2.24, 2.45) is 0 Å². The van der Waals surface area contributed by atoms with E-state index in [2.05, 4.69) is 15.2 Å². The molecule has 0 aliphatic carbocycles. The standard InChI is InChI=1S/C26H25FN6O2/c27-20-8-2-1-7-19(20)25-24(23-17-35-15-14-33(23)30-25)26(34)32-12-5-6-18(32)16-31-13-10-22(29-31)21-9-3-4-11-28-21/h1-4,7-11,13,18H,5-6,12,14-17H2/t18-/m0/s1. The van der Waals surface area contributed by atoms with Crippen LogP contribution in [0.15, 0.2) is 60.9 Å². The van der Waals surface area contributed by atoms with E-state index in [4.69, 9.17) is 4.74 Å². The molecule has 0 N–H and O–H groups in total. The summed E-state index contributed by atoms with van der Waals surface area (Å²) in [4.78, 5) is 20.2. The van der Waals surface area contributed by atoms with Gasteiger partial charge in [-0.3, -0.25) is 19.1 Å². The number of hydrogen-bond acceptors (Lipinski definition) is 5. The van der Waals surface area contributed by atoms with Crippen molar-refractivity contribution in [1.82, 2.24) is 29.4 Å². The number of carbonyl (C=O) groups excluding carboxylic acids is 1. The van der Waals surface area contributed by atoms with Gasteiger partial charge in [-0.2, -0.15) is 10.2 Å². The van der Waals surface area contributed by atoms with Crippen LogP contribution < -0.4 is 0 Å². The van der Waals surface area contributed by atoms with Gasteiger partial charge < -0.3 is 9.64 Å². The first kappa shape index (κ1) is 21.7. The van der Waals surface area contributed by atoms with Gasteiger partial charge in [-0.25, -0.2) is 4.39 Å². The molecule has 1 atom stereocenters. The number of ether oxygens (including phenoxy) is 1. The van der Waals surface area contributed by atoms with E-state index in [0.717, 1.165) is 24.2 Å². The fourth-order valence-corrected chi connectivity index (χ4v) is 4.98. The molecule has 0 saturated carbocycles. The number of aromatic nitrogens is 5. The predicted octanol–water partition coefficient (Wildman–Crippen LogP) is 3.78. The lowest BCUT2D eigenvalue weighted by atomic mass is 10.0. The number of pyridine rings is 1. The number of rotatable bonds is 5. The molecule has 1 saturated heterocycles. The van der Waals surface area contributed by atoms with Gasteiger partial charge in [-0.15, -0.1) is 0 Å². The topological polar surface area (TPSA) is 78.1 Å². The molecule has 1 amide bonds. The van der Waals surface area contributed by atoms with Crippen LogP contribution in [0.3, 0.4) is 0 Å². The molecular formula is C26H25FN6O2. The van der Waals surface area contributed by atoms with Gasteiger partial charge in [0.15, 0.2) is 0 Å². The second-order valence-corrected chi connectivity index (χ2v) is 8.86. The van der Waals surface area contributed by atoms with Crippen LogP contribution in [0.2, 0.25) is 0 Å². The first-order valence-electron chi connectivity index (χ1n) is 11.9. The van der Waals surface area contributed by atoms with E-state index in [0.29, 0.717) is 48.8 Å². The molecule has 8 nitrogen and oxygen atoms in total. The fraction of sp³-hybridized carbons (Fsp3) is 0.308. The van der Waals surface area contributed by atoms with Gasteiger partial charge in [0.05, 0.1) is 49.3 Å². The van der Waals surface area contributed by atoms with Crippen LogP contribution in [0.1, 0.15) is 28.9 Å². The van der Waals surface area contributed by atoms with Gasteiger partial charge in [0.2, 0.25) is 0 Å². The minimum absolute atomic E-state index is 0.0208. The van der Waals surface area contributed by atoms with Gasteiger partial charge in [0.1, 0.15) is 17.2 Å². The van der Waals surface area contributed by atoms with Crippen LogP contribution >= 0.6 is 0 Å². The maximum atomic E-state index is 14.7. The van der Waals surface area contributed by atoms with E-state index in [9.17, 15) is 9.18 Å². The SMILES string of the molecule is O=C(c1c(-c2ccccc2F)nn2c1COCC2)N1CCC[C@H]1Cn1ccc(-c2ccccn2)n1. The minimum Gasteiger partial charge on any atom is -0.373 e. The highest BCUT2D eigenvalue weighted by Gasteiger charge is 2.36. The third-order valence-corrected chi connectivity index (χ3v) is 6.69. The molecule has 3 aromatic heterocycles. The molecule has 1 fully saturated rings. The van der Waals surface area contributed by atoms with E-state index in [1.54, 1.807) is 29.1 Å². The Balaban J connectivity index is 1.31. The Morgan fingerprint density at radius 2 is 1.94 bits per heavy atom. The number of halogens is 1.